The monoisotopic (exact) mass is 251 g/mol. The molecule has 17 heavy (non-hydrogen) atoms. The molecule has 0 radical (unpaired) electrons. The van der Waals surface area contributed by atoms with E-state index in [1.54, 1.807) is 0 Å². The zero-order valence-electron chi connectivity index (χ0n) is 10.5. The molecule has 1 aliphatic carbocycles. The van der Waals surface area contributed by atoms with E-state index in [4.69, 9.17) is 4.98 Å². The second-order valence-electron chi connectivity index (χ2n) is 5.20. The van der Waals surface area contributed by atoms with Crippen LogP contribution in [0.3, 0.4) is 0 Å². The molecule has 1 N–H and O–H groups in total. The van der Waals surface area contributed by atoms with Crippen molar-refractivity contribution < 1.29 is 0 Å². The van der Waals surface area contributed by atoms with Crippen LogP contribution < -0.4 is 5.32 Å². The summed E-state index contributed by atoms with van der Waals surface area (Å²) in [5.74, 6) is 0.773. The average Bonchev–Trinajstić information content (AvgIpc) is 2.76. The summed E-state index contributed by atoms with van der Waals surface area (Å²) in [6.07, 6.45) is 4.10. The van der Waals surface area contributed by atoms with Crippen LogP contribution in [0, 0.1) is 0 Å². The van der Waals surface area contributed by atoms with Gasteiger partial charge in [0.1, 0.15) is 5.01 Å². The highest BCUT2D eigenvalue weighted by atomic mass is 32.1. The van der Waals surface area contributed by atoms with Crippen molar-refractivity contribution in [3.63, 3.8) is 0 Å². The van der Waals surface area contributed by atoms with Crippen LogP contribution in [0.15, 0.2) is 5.38 Å². The Labute approximate surface area is 107 Å². The number of nitrogens with zero attached hydrogens (tertiary/aromatic N) is 2. The predicted molar refractivity (Wildman–Crippen MR) is 71.6 cm³/mol. The molecule has 2 heterocycles. The normalized spacial score (nSPS) is 24.5. The highest BCUT2D eigenvalue weighted by Crippen LogP contribution is 2.37. The fourth-order valence-electron chi connectivity index (χ4n) is 2.61. The van der Waals surface area contributed by atoms with E-state index in [1.165, 1.54) is 30.0 Å². The number of nitrogens with one attached hydrogen (secondary N) is 1. The number of thiazole rings is 1. The number of hydrogen-bond acceptors (Lipinski definition) is 4. The second-order valence-corrected chi connectivity index (χ2v) is 6.09. The first-order valence-corrected chi connectivity index (χ1v) is 7.62. The SMILES string of the molecule is CC(c1nc(C2CCC2)cs1)N1CCNCC1. The maximum absolute atomic E-state index is 4.86. The molecule has 1 aromatic rings. The van der Waals surface area contributed by atoms with Crippen molar-refractivity contribution in [3.05, 3.63) is 16.1 Å². The van der Waals surface area contributed by atoms with Crippen LogP contribution in [0.2, 0.25) is 0 Å². The number of piperazine rings is 1. The molecule has 0 amide bonds. The van der Waals surface area contributed by atoms with Gasteiger partial charge >= 0.3 is 0 Å². The summed E-state index contributed by atoms with van der Waals surface area (Å²) in [7, 11) is 0. The first-order chi connectivity index (χ1) is 8.34. The average molecular weight is 251 g/mol. The van der Waals surface area contributed by atoms with E-state index in [-0.39, 0.29) is 0 Å². The molecule has 3 nitrogen and oxygen atoms in total. The van der Waals surface area contributed by atoms with Gasteiger partial charge in [0.05, 0.1) is 11.7 Å². The number of aromatic nitrogens is 1. The lowest BCUT2D eigenvalue weighted by atomic mass is 9.83. The van der Waals surface area contributed by atoms with Gasteiger partial charge in [0.15, 0.2) is 0 Å². The van der Waals surface area contributed by atoms with Gasteiger partial charge in [-0.15, -0.1) is 11.3 Å². The van der Waals surface area contributed by atoms with Crippen molar-refractivity contribution in [3.8, 4) is 0 Å². The summed E-state index contributed by atoms with van der Waals surface area (Å²) in [6, 6.07) is 0.496. The molecule has 0 spiro atoms. The van der Waals surface area contributed by atoms with Crippen LogP contribution in [0.25, 0.3) is 0 Å². The number of rotatable bonds is 3. The van der Waals surface area contributed by atoms with Crippen LogP contribution in [-0.4, -0.2) is 36.1 Å². The Balaban J connectivity index is 1.67. The van der Waals surface area contributed by atoms with Gasteiger partial charge < -0.3 is 5.32 Å². The van der Waals surface area contributed by atoms with E-state index in [9.17, 15) is 0 Å². The Morgan fingerprint density at radius 1 is 1.41 bits per heavy atom. The Kier molecular flexibility index (Phi) is 3.45. The van der Waals surface area contributed by atoms with E-state index in [0.717, 1.165) is 32.1 Å². The fourth-order valence-corrected chi connectivity index (χ4v) is 3.60. The van der Waals surface area contributed by atoms with Gasteiger partial charge in [-0.2, -0.15) is 0 Å². The van der Waals surface area contributed by atoms with Crippen molar-refractivity contribution >= 4 is 11.3 Å². The molecule has 2 aliphatic rings. The summed E-state index contributed by atoms with van der Waals surface area (Å²) in [4.78, 5) is 7.41. The van der Waals surface area contributed by atoms with Crippen LogP contribution >= 0.6 is 11.3 Å². The first-order valence-electron chi connectivity index (χ1n) is 6.74. The molecule has 1 saturated heterocycles. The lowest BCUT2D eigenvalue weighted by Crippen LogP contribution is -2.44. The molecule has 1 aliphatic heterocycles. The molecule has 4 heteroatoms. The second kappa shape index (κ2) is 5.04. The summed E-state index contributed by atoms with van der Waals surface area (Å²) >= 11 is 1.86. The highest BCUT2D eigenvalue weighted by molar-refractivity contribution is 7.09. The van der Waals surface area contributed by atoms with Gasteiger partial charge in [-0.25, -0.2) is 4.98 Å². The number of hydrogen-bond donors (Lipinski definition) is 1. The zero-order valence-corrected chi connectivity index (χ0v) is 11.3. The van der Waals surface area contributed by atoms with Crippen molar-refractivity contribution in [2.45, 2.75) is 38.1 Å². The summed E-state index contributed by atoms with van der Waals surface area (Å²) in [6.45, 7) is 6.84. The Morgan fingerprint density at radius 3 is 2.82 bits per heavy atom. The lowest BCUT2D eigenvalue weighted by molar-refractivity contribution is 0.185. The van der Waals surface area contributed by atoms with Gasteiger partial charge in [0.25, 0.3) is 0 Å². The molecule has 0 aromatic carbocycles. The first kappa shape index (κ1) is 11.6. The molecule has 1 saturated carbocycles. The van der Waals surface area contributed by atoms with Gasteiger partial charge in [-0.1, -0.05) is 6.42 Å². The Hall–Kier alpha value is -0.450. The molecule has 94 valence electrons. The van der Waals surface area contributed by atoms with E-state index < -0.39 is 0 Å². The van der Waals surface area contributed by atoms with Gasteiger partial charge in [-0.3, -0.25) is 4.90 Å². The van der Waals surface area contributed by atoms with Crippen LogP contribution in [0.4, 0.5) is 0 Å². The summed E-state index contributed by atoms with van der Waals surface area (Å²) in [5.41, 5.74) is 1.36. The largest absolute Gasteiger partial charge is 0.314 e. The zero-order chi connectivity index (χ0) is 11.7. The minimum absolute atomic E-state index is 0.496. The maximum atomic E-state index is 4.86. The third-order valence-corrected chi connectivity index (χ3v) is 5.15. The van der Waals surface area contributed by atoms with E-state index in [1.807, 2.05) is 11.3 Å². The van der Waals surface area contributed by atoms with E-state index >= 15 is 0 Å². The summed E-state index contributed by atoms with van der Waals surface area (Å²) in [5, 5.41) is 7.01. The molecular weight excluding hydrogens is 230 g/mol. The smallest absolute Gasteiger partial charge is 0.110 e. The molecule has 3 rings (SSSR count). The van der Waals surface area contributed by atoms with E-state index in [2.05, 4.69) is 22.5 Å². The van der Waals surface area contributed by atoms with E-state index in [0.29, 0.717) is 6.04 Å². The van der Waals surface area contributed by atoms with Crippen molar-refractivity contribution in [1.82, 2.24) is 15.2 Å². The maximum Gasteiger partial charge on any atom is 0.110 e. The fraction of sp³-hybridized carbons (Fsp3) is 0.769. The third kappa shape index (κ3) is 2.39. The van der Waals surface area contributed by atoms with Gasteiger partial charge in [0.2, 0.25) is 0 Å². The molecule has 1 atom stereocenters. The molecule has 0 bridgehead atoms. The minimum atomic E-state index is 0.496. The standard InChI is InChI=1S/C13H21N3S/c1-10(16-7-5-14-6-8-16)13-15-12(9-17-13)11-3-2-4-11/h9-11,14H,2-8H2,1H3. The van der Waals surface area contributed by atoms with Crippen LogP contribution in [-0.2, 0) is 0 Å². The van der Waals surface area contributed by atoms with Crippen molar-refractivity contribution in [1.29, 1.82) is 0 Å². The van der Waals surface area contributed by atoms with Gasteiger partial charge in [-0.05, 0) is 19.8 Å². The van der Waals surface area contributed by atoms with Crippen molar-refractivity contribution in [2.24, 2.45) is 0 Å². The van der Waals surface area contributed by atoms with Gasteiger partial charge in [0, 0.05) is 37.5 Å². The molecule has 1 unspecified atom stereocenters. The Morgan fingerprint density at radius 2 is 2.18 bits per heavy atom. The molecule has 2 fully saturated rings. The van der Waals surface area contributed by atoms with Crippen LogP contribution in [0.1, 0.15) is 48.8 Å². The Bertz CT molecular complexity index is 366. The molecule has 1 aromatic heterocycles. The van der Waals surface area contributed by atoms with Crippen molar-refractivity contribution in [2.75, 3.05) is 26.2 Å². The topological polar surface area (TPSA) is 28.2 Å². The minimum Gasteiger partial charge on any atom is -0.314 e. The quantitative estimate of drug-likeness (QED) is 0.894. The predicted octanol–water partition coefficient (Wildman–Crippen LogP) is 2.38. The summed E-state index contributed by atoms with van der Waals surface area (Å²) < 4.78 is 0. The molecular formula is C13H21N3S. The third-order valence-electron chi connectivity index (χ3n) is 4.12. The lowest BCUT2D eigenvalue weighted by Gasteiger charge is -2.31. The highest BCUT2D eigenvalue weighted by Gasteiger charge is 2.25. The van der Waals surface area contributed by atoms with Crippen LogP contribution in [0.5, 0.6) is 0 Å².